The third kappa shape index (κ3) is 5.07. The van der Waals surface area contributed by atoms with Gasteiger partial charge in [-0.3, -0.25) is 0 Å². The van der Waals surface area contributed by atoms with Gasteiger partial charge in [0.2, 0.25) is 0 Å². The fourth-order valence-electron chi connectivity index (χ4n) is 3.89. The molecule has 0 unspecified atom stereocenters. The molecule has 33 heavy (non-hydrogen) atoms. The molecule has 5 rings (SSSR count). The van der Waals surface area contributed by atoms with E-state index < -0.39 is 0 Å². The van der Waals surface area contributed by atoms with E-state index in [9.17, 15) is 4.39 Å². The number of rotatable bonds is 8. The van der Waals surface area contributed by atoms with Gasteiger partial charge in [0.1, 0.15) is 30.5 Å². The van der Waals surface area contributed by atoms with Gasteiger partial charge in [-0.15, -0.1) is 0 Å². The van der Waals surface area contributed by atoms with Crippen molar-refractivity contribution in [3.8, 4) is 11.5 Å². The minimum absolute atomic E-state index is 0.231. The zero-order chi connectivity index (χ0) is 22.5. The second kappa shape index (κ2) is 9.61. The summed E-state index contributed by atoms with van der Waals surface area (Å²) in [6, 6.07) is 30.9. The largest absolute Gasteiger partial charge is 0.488 e. The van der Waals surface area contributed by atoms with Crippen molar-refractivity contribution in [1.82, 2.24) is 4.98 Å². The number of aromatic nitrogens is 1. The third-order valence-electron chi connectivity index (χ3n) is 5.56. The van der Waals surface area contributed by atoms with Gasteiger partial charge in [-0.2, -0.15) is 0 Å². The summed E-state index contributed by atoms with van der Waals surface area (Å²) in [5, 5.41) is 0.921. The van der Waals surface area contributed by atoms with Crippen LogP contribution in [0.4, 0.5) is 4.39 Å². The van der Waals surface area contributed by atoms with Crippen LogP contribution in [0.3, 0.4) is 0 Å². The maximum atomic E-state index is 13.3. The van der Waals surface area contributed by atoms with Crippen molar-refractivity contribution < 1.29 is 13.9 Å². The summed E-state index contributed by atoms with van der Waals surface area (Å²) in [7, 11) is 0. The van der Waals surface area contributed by atoms with Crippen LogP contribution in [0.5, 0.6) is 11.5 Å². The summed E-state index contributed by atoms with van der Waals surface area (Å²) in [5.41, 5.74) is 5.26. The van der Waals surface area contributed by atoms with Gasteiger partial charge in [0.25, 0.3) is 0 Å². The second-order valence-corrected chi connectivity index (χ2v) is 8.02. The quantitative estimate of drug-likeness (QED) is 0.282. The van der Waals surface area contributed by atoms with E-state index in [-0.39, 0.29) is 5.82 Å². The van der Waals surface area contributed by atoms with E-state index in [1.807, 2.05) is 79.0 Å². The molecule has 4 heteroatoms. The molecule has 1 aromatic heterocycles. The Balaban J connectivity index is 1.46. The van der Waals surface area contributed by atoms with E-state index in [2.05, 4.69) is 17.1 Å². The van der Waals surface area contributed by atoms with Crippen molar-refractivity contribution in [3.05, 3.63) is 131 Å². The summed E-state index contributed by atoms with van der Waals surface area (Å²) in [4.78, 5) is 3.33. The first-order valence-corrected chi connectivity index (χ1v) is 11.0. The molecule has 0 saturated carbocycles. The molecule has 0 spiro atoms. The van der Waals surface area contributed by atoms with Crippen LogP contribution in [-0.4, -0.2) is 4.98 Å². The maximum absolute atomic E-state index is 13.3. The van der Waals surface area contributed by atoms with Crippen molar-refractivity contribution in [3.63, 3.8) is 0 Å². The smallest absolute Gasteiger partial charge is 0.148 e. The van der Waals surface area contributed by atoms with Crippen LogP contribution < -0.4 is 9.47 Å². The molecule has 5 aromatic rings. The van der Waals surface area contributed by atoms with Gasteiger partial charge in [0, 0.05) is 6.20 Å². The van der Waals surface area contributed by atoms with Gasteiger partial charge < -0.3 is 14.5 Å². The predicted octanol–water partition coefficient (Wildman–Crippen LogP) is 7.06. The number of H-pyrrole nitrogens is 1. The Labute approximate surface area is 192 Å². The highest BCUT2D eigenvalue weighted by Gasteiger charge is 2.14. The summed E-state index contributed by atoms with van der Waals surface area (Å²) in [6.07, 6.45) is 2.56. The summed E-state index contributed by atoms with van der Waals surface area (Å²) in [6.45, 7) is 0.933. The Kier molecular flexibility index (Phi) is 6.07. The van der Waals surface area contributed by atoms with Crippen LogP contribution in [0.15, 0.2) is 103 Å². The normalized spacial score (nSPS) is 10.9. The van der Waals surface area contributed by atoms with Gasteiger partial charge in [-0.05, 0) is 52.9 Å². The van der Waals surface area contributed by atoms with Crippen molar-refractivity contribution in [2.24, 2.45) is 0 Å². The molecule has 0 radical (unpaired) electrons. The van der Waals surface area contributed by atoms with Crippen LogP contribution >= 0.6 is 0 Å². The number of benzene rings is 4. The molecular formula is C29H24FNO2. The monoisotopic (exact) mass is 437 g/mol. The molecule has 0 amide bonds. The van der Waals surface area contributed by atoms with Crippen molar-refractivity contribution >= 4 is 10.9 Å². The van der Waals surface area contributed by atoms with Crippen LogP contribution in [0.2, 0.25) is 0 Å². The molecule has 0 saturated heterocycles. The zero-order valence-electron chi connectivity index (χ0n) is 18.1. The summed E-state index contributed by atoms with van der Waals surface area (Å²) in [5.74, 6) is 1.29. The summed E-state index contributed by atoms with van der Waals surface area (Å²) < 4.78 is 25.8. The van der Waals surface area contributed by atoms with Crippen LogP contribution in [0, 0.1) is 5.82 Å². The molecule has 0 aliphatic carbocycles. The number of hydrogen-bond acceptors (Lipinski definition) is 2. The molecule has 4 aromatic carbocycles. The third-order valence-corrected chi connectivity index (χ3v) is 5.56. The minimum atomic E-state index is -0.231. The number of halogens is 1. The number of hydrogen-bond donors (Lipinski definition) is 1. The lowest BCUT2D eigenvalue weighted by Gasteiger charge is -2.13. The van der Waals surface area contributed by atoms with Gasteiger partial charge in [-0.25, -0.2) is 4.39 Å². The molecule has 1 N–H and O–H groups in total. The fraction of sp³-hybridized carbons (Fsp3) is 0.103. The molecule has 0 aliphatic heterocycles. The highest BCUT2D eigenvalue weighted by atomic mass is 19.1. The Morgan fingerprint density at radius 2 is 1.21 bits per heavy atom. The highest BCUT2D eigenvalue weighted by Crippen LogP contribution is 2.37. The maximum Gasteiger partial charge on any atom is 0.148 e. The Bertz CT molecular complexity index is 1330. The fourth-order valence-corrected chi connectivity index (χ4v) is 3.89. The van der Waals surface area contributed by atoms with Crippen LogP contribution in [0.25, 0.3) is 10.9 Å². The van der Waals surface area contributed by atoms with Gasteiger partial charge in [0.05, 0.1) is 10.9 Å². The standard InChI is InChI=1S/C29H24FNO2/c30-25-13-11-21(12-14-25)15-24-16-26-29(27(17-24)32-19-22-7-3-1-4-8-22)28(18-31-26)33-20-23-9-5-2-6-10-23/h1-14,16-18,31H,15,19-20H2. The topological polar surface area (TPSA) is 34.2 Å². The zero-order valence-corrected chi connectivity index (χ0v) is 18.1. The van der Waals surface area contributed by atoms with Crippen molar-refractivity contribution in [2.45, 2.75) is 19.6 Å². The molecule has 3 nitrogen and oxygen atoms in total. The van der Waals surface area contributed by atoms with E-state index in [1.54, 1.807) is 0 Å². The number of aromatic amines is 1. The number of fused-ring (bicyclic) bond motifs is 1. The lowest BCUT2D eigenvalue weighted by Crippen LogP contribution is -1.99. The van der Waals surface area contributed by atoms with E-state index in [0.717, 1.165) is 44.7 Å². The van der Waals surface area contributed by atoms with E-state index in [4.69, 9.17) is 9.47 Å². The average Bonchev–Trinajstić information content (AvgIpc) is 3.27. The van der Waals surface area contributed by atoms with Crippen LogP contribution in [0.1, 0.15) is 22.3 Å². The van der Waals surface area contributed by atoms with Gasteiger partial charge in [-0.1, -0.05) is 72.8 Å². The predicted molar refractivity (Wildman–Crippen MR) is 129 cm³/mol. The molecule has 0 fully saturated rings. The first-order chi connectivity index (χ1) is 16.2. The summed E-state index contributed by atoms with van der Waals surface area (Å²) >= 11 is 0. The molecule has 164 valence electrons. The number of nitrogens with one attached hydrogen (secondary N) is 1. The SMILES string of the molecule is Fc1ccc(Cc2cc(OCc3ccccc3)c3c(OCc4ccccc4)c[nH]c3c2)cc1. The van der Waals surface area contributed by atoms with Crippen molar-refractivity contribution in [2.75, 3.05) is 0 Å². The lowest BCUT2D eigenvalue weighted by atomic mass is 10.0. The first-order valence-electron chi connectivity index (χ1n) is 11.0. The average molecular weight is 438 g/mol. The number of ether oxygens (including phenoxy) is 2. The first kappa shape index (κ1) is 20.8. The Morgan fingerprint density at radius 1 is 0.606 bits per heavy atom. The van der Waals surface area contributed by atoms with Gasteiger partial charge in [0.15, 0.2) is 0 Å². The van der Waals surface area contributed by atoms with Crippen molar-refractivity contribution in [1.29, 1.82) is 0 Å². The molecule has 0 bridgehead atoms. The van der Waals surface area contributed by atoms with E-state index >= 15 is 0 Å². The highest BCUT2D eigenvalue weighted by molar-refractivity contribution is 5.92. The Hall–Kier alpha value is -4.05. The van der Waals surface area contributed by atoms with Gasteiger partial charge >= 0.3 is 0 Å². The second-order valence-electron chi connectivity index (χ2n) is 8.02. The minimum Gasteiger partial charge on any atom is -0.488 e. The Morgan fingerprint density at radius 3 is 1.85 bits per heavy atom. The molecule has 1 heterocycles. The molecule has 0 atom stereocenters. The van der Waals surface area contributed by atoms with E-state index in [0.29, 0.717) is 19.6 Å². The lowest BCUT2D eigenvalue weighted by molar-refractivity contribution is 0.298. The van der Waals surface area contributed by atoms with Crippen LogP contribution in [-0.2, 0) is 19.6 Å². The van der Waals surface area contributed by atoms with E-state index in [1.165, 1.54) is 12.1 Å². The molecule has 0 aliphatic rings. The molecular weight excluding hydrogens is 413 g/mol.